The summed E-state index contributed by atoms with van der Waals surface area (Å²) in [7, 11) is 0. The number of nitrogens with zero attached hydrogens (tertiary/aromatic N) is 2. The zero-order valence-electron chi connectivity index (χ0n) is 8.99. The maximum Gasteiger partial charge on any atom is 0.387 e. The normalized spacial score (nSPS) is 26.6. The Labute approximate surface area is 84.8 Å². The topological polar surface area (TPSA) is 48.4 Å². The SMILES string of the molecule is CC1=CC(C)(C)[C@@H](/C(O)=C\[N+]#N)CC1. The first-order valence-corrected chi connectivity index (χ1v) is 4.89. The molecule has 0 aromatic heterocycles. The molecule has 14 heavy (non-hydrogen) atoms. The molecule has 76 valence electrons. The van der Waals surface area contributed by atoms with Gasteiger partial charge in [0.05, 0.1) is 0 Å². The summed E-state index contributed by atoms with van der Waals surface area (Å²) in [5, 5.41) is 18.0. The lowest BCUT2D eigenvalue weighted by molar-refractivity contribution is 0.206. The molecular weight excluding hydrogens is 176 g/mol. The zero-order valence-corrected chi connectivity index (χ0v) is 8.99. The van der Waals surface area contributed by atoms with E-state index in [0.29, 0.717) is 0 Å². The molecule has 0 aliphatic heterocycles. The molecule has 0 radical (unpaired) electrons. The van der Waals surface area contributed by atoms with E-state index in [1.807, 2.05) is 0 Å². The highest BCUT2D eigenvalue weighted by molar-refractivity contribution is 5.18. The summed E-state index contributed by atoms with van der Waals surface area (Å²) in [6, 6.07) is 0. The summed E-state index contributed by atoms with van der Waals surface area (Å²) >= 11 is 0. The second-order valence-corrected chi connectivity index (χ2v) is 4.57. The molecule has 0 bridgehead atoms. The molecule has 1 aliphatic rings. The number of diazo groups is 1. The van der Waals surface area contributed by atoms with E-state index in [0.717, 1.165) is 19.0 Å². The van der Waals surface area contributed by atoms with Crippen molar-refractivity contribution >= 4 is 0 Å². The van der Waals surface area contributed by atoms with E-state index >= 15 is 0 Å². The third-order valence-electron chi connectivity index (χ3n) is 2.89. The Morgan fingerprint density at radius 2 is 2.36 bits per heavy atom. The lowest BCUT2D eigenvalue weighted by Crippen LogP contribution is -2.27. The van der Waals surface area contributed by atoms with Gasteiger partial charge in [0.15, 0.2) is 10.7 Å². The van der Waals surface area contributed by atoms with Crippen LogP contribution in [0.5, 0.6) is 0 Å². The minimum atomic E-state index is -0.0619. The Kier molecular flexibility index (Phi) is 2.95. The summed E-state index contributed by atoms with van der Waals surface area (Å²) in [4.78, 5) is 2.86. The van der Waals surface area contributed by atoms with Crippen LogP contribution in [0.25, 0.3) is 4.98 Å². The quantitative estimate of drug-likeness (QED) is 0.393. The highest BCUT2D eigenvalue weighted by Gasteiger charge is 2.34. The van der Waals surface area contributed by atoms with Gasteiger partial charge in [-0.15, -0.1) is 0 Å². The van der Waals surface area contributed by atoms with Gasteiger partial charge in [0.1, 0.15) is 0 Å². The van der Waals surface area contributed by atoms with Crippen molar-refractivity contribution in [2.45, 2.75) is 33.6 Å². The molecule has 1 rings (SSSR count). The Bertz CT molecular complexity index is 321. The van der Waals surface area contributed by atoms with Crippen molar-refractivity contribution in [1.82, 2.24) is 0 Å². The fraction of sp³-hybridized carbons (Fsp3) is 0.636. The molecule has 1 N–H and O–H groups in total. The smallest absolute Gasteiger partial charge is 0.387 e. The molecule has 0 heterocycles. The van der Waals surface area contributed by atoms with Gasteiger partial charge in [-0.2, -0.15) is 0 Å². The molecule has 0 saturated carbocycles. The van der Waals surface area contributed by atoms with Gasteiger partial charge in [0.2, 0.25) is 5.39 Å². The van der Waals surface area contributed by atoms with Crippen molar-refractivity contribution in [3.8, 4) is 0 Å². The molecule has 0 saturated heterocycles. The van der Waals surface area contributed by atoms with Gasteiger partial charge in [-0.3, -0.25) is 0 Å². The second-order valence-electron chi connectivity index (χ2n) is 4.57. The van der Waals surface area contributed by atoms with E-state index < -0.39 is 0 Å². The number of hydrogen-bond donors (Lipinski definition) is 1. The molecule has 1 aliphatic carbocycles. The van der Waals surface area contributed by atoms with Crippen LogP contribution >= 0.6 is 0 Å². The predicted molar refractivity (Wildman–Crippen MR) is 56.1 cm³/mol. The number of allylic oxidation sites excluding steroid dienone is 3. The third-order valence-corrected chi connectivity index (χ3v) is 2.89. The van der Waals surface area contributed by atoms with Crippen LogP contribution < -0.4 is 0 Å². The van der Waals surface area contributed by atoms with Crippen LogP contribution in [0.15, 0.2) is 23.6 Å². The summed E-state index contributed by atoms with van der Waals surface area (Å²) in [5.41, 5.74) is 1.30. The van der Waals surface area contributed by atoms with Gasteiger partial charge in [-0.25, -0.2) is 0 Å². The highest BCUT2D eigenvalue weighted by atomic mass is 16.3. The molecule has 0 unspecified atom stereocenters. The number of hydrogen-bond acceptors (Lipinski definition) is 2. The summed E-state index contributed by atoms with van der Waals surface area (Å²) in [6.45, 7) is 6.28. The number of rotatable bonds is 1. The summed E-state index contributed by atoms with van der Waals surface area (Å²) in [5.74, 6) is 0.225. The molecular formula is C11H17N2O+. The average Bonchev–Trinajstić information content (AvgIpc) is 2.01. The predicted octanol–water partition coefficient (Wildman–Crippen LogP) is 3.62. The summed E-state index contributed by atoms with van der Waals surface area (Å²) < 4.78 is 0. The lowest BCUT2D eigenvalue weighted by Gasteiger charge is -2.34. The van der Waals surface area contributed by atoms with E-state index in [1.54, 1.807) is 0 Å². The molecule has 0 aromatic carbocycles. The van der Waals surface area contributed by atoms with Crippen molar-refractivity contribution < 1.29 is 5.11 Å². The first kappa shape index (κ1) is 10.8. The van der Waals surface area contributed by atoms with E-state index in [9.17, 15) is 5.11 Å². The highest BCUT2D eigenvalue weighted by Crippen LogP contribution is 2.41. The molecule has 0 aromatic rings. The largest absolute Gasteiger partial charge is 0.505 e. The first-order chi connectivity index (χ1) is 6.47. The van der Waals surface area contributed by atoms with Gasteiger partial charge < -0.3 is 5.11 Å². The average molecular weight is 193 g/mol. The first-order valence-electron chi connectivity index (χ1n) is 4.89. The Morgan fingerprint density at radius 3 is 2.86 bits per heavy atom. The molecule has 3 nitrogen and oxygen atoms in total. The molecule has 0 amide bonds. The fourth-order valence-corrected chi connectivity index (χ4v) is 2.23. The minimum Gasteiger partial charge on any atom is -0.505 e. The van der Waals surface area contributed by atoms with E-state index in [2.05, 4.69) is 31.8 Å². The molecule has 1 atom stereocenters. The standard InChI is InChI=1S/C11H16N2O/c1-8-4-5-9(10(14)7-13-12)11(2,3)6-8/h6-7,9H,4-5H2,1-3H3/p+1/b10-7+/t9-/m1/s1. The van der Waals surface area contributed by atoms with E-state index in [4.69, 9.17) is 5.39 Å². The second kappa shape index (κ2) is 3.83. The molecule has 0 fully saturated rings. The summed E-state index contributed by atoms with van der Waals surface area (Å²) in [6.07, 6.45) is 5.22. The van der Waals surface area contributed by atoms with Crippen LogP contribution in [0.3, 0.4) is 0 Å². The molecule has 0 spiro atoms. The Morgan fingerprint density at radius 1 is 1.71 bits per heavy atom. The van der Waals surface area contributed by atoms with Gasteiger partial charge in [0.25, 0.3) is 0 Å². The van der Waals surface area contributed by atoms with Crippen LogP contribution in [0.1, 0.15) is 33.6 Å². The van der Waals surface area contributed by atoms with Crippen LogP contribution in [0.2, 0.25) is 0 Å². The monoisotopic (exact) mass is 193 g/mol. The van der Waals surface area contributed by atoms with Crippen molar-refractivity contribution in [2.24, 2.45) is 11.3 Å². The number of aliphatic hydroxyl groups excluding tert-OH is 1. The van der Waals surface area contributed by atoms with Crippen molar-refractivity contribution in [2.75, 3.05) is 0 Å². The zero-order chi connectivity index (χ0) is 10.8. The minimum absolute atomic E-state index is 0.0575. The van der Waals surface area contributed by atoms with Crippen LogP contribution in [0, 0.1) is 16.7 Å². The fourth-order valence-electron chi connectivity index (χ4n) is 2.23. The maximum absolute atomic E-state index is 9.67. The van der Waals surface area contributed by atoms with Gasteiger partial charge in [-0.05, 0) is 25.2 Å². The van der Waals surface area contributed by atoms with E-state index in [-0.39, 0.29) is 17.1 Å². The lowest BCUT2D eigenvalue weighted by atomic mass is 9.70. The van der Waals surface area contributed by atoms with Crippen molar-refractivity contribution in [3.63, 3.8) is 0 Å². The van der Waals surface area contributed by atoms with Crippen molar-refractivity contribution in [3.05, 3.63) is 28.6 Å². The van der Waals surface area contributed by atoms with E-state index in [1.165, 1.54) is 5.57 Å². The third kappa shape index (κ3) is 2.14. The van der Waals surface area contributed by atoms with Crippen LogP contribution in [0.4, 0.5) is 0 Å². The Balaban J connectivity index is 2.94. The van der Waals surface area contributed by atoms with Crippen molar-refractivity contribution in [1.29, 1.82) is 5.39 Å². The maximum atomic E-state index is 9.67. The van der Waals surface area contributed by atoms with Gasteiger partial charge in [-0.1, -0.05) is 25.5 Å². The van der Waals surface area contributed by atoms with Gasteiger partial charge >= 0.3 is 6.20 Å². The van der Waals surface area contributed by atoms with Crippen LogP contribution in [-0.2, 0) is 0 Å². The molecule has 3 heteroatoms. The number of aliphatic hydroxyl groups is 1. The Hall–Kier alpha value is -1.30. The van der Waals surface area contributed by atoms with Crippen LogP contribution in [-0.4, -0.2) is 5.11 Å². The van der Waals surface area contributed by atoms with Gasteiger partial charge in [0, 0.05) is 5.92 Å².